The van der Waals surface area contributed by atoms with E-state index in [1.54, 1.807) is 24.7 Å². The van der Waals surface area contributed by atoms with Gasteiger partial charge >= 0.3 is 5.97 Å². The van der Waals surface area contributed by atoms with Crippen molar-refractivity contribution in [3.8, 4) is 0 Å². The van der Waals surface area contributed by atoms with Crippen LogP contribution in [0.3, 0.4) is 0 Å². The molecule has 2 N–H and O–H groups in total. The fraction of sp³-hybridized carbons (Fsp3) is 0.571. The number of aliphatic hydroxyl groups is 1. The van der Waals surface area contributed by atoms with Crippen LogP contribution >= 0.6 is 0 Å². The van der Waals surface area contributed by atoms with Gasteiger partial charge in [0.2, 0.25) is 0 Å². The van der Waals surface area contributed by atoms with Crippen molar-refractivity contribution in [3.05, 3.63) is 24.0 Å². The van der Waals surface area contributed by atoms with Gasteiger partial charge in [-0.3, -0.25) is 9.48 Å². The first-order valence-corrected chi connectivity index (χ1v) is 6.52. The Labute approximate surface area is 112 Å². The summed E-state index contributed by atoms with van der Waals surface area (Å²) in [4.78, 5) is 11.0. The van der Waals surface area contributed by atoms with E-state index in [1.165, 1.54) is 0 Å². The molecular weight excluding hydrogens is 244 g/mol. The first kappa shape index (κ1) is 13.8. The molecule has 1 aliphatic carbocycles. The Morgan fingerprint density at radius 3 is 2.95 bits per heavy atom. The van der Waals surface area contributed by atoms with Crippen LogP contribution < -0.4 is 0 Å². The third-order valence-electron chi connectivity index (χ3n) is 3.27. The highest BCUT2D eigenvalue weighted by Crippen LogP contribution is 2.30. The molecular formula is C14H20N2O3. The number of carbonyl (C=O) groups is 1. The van der Waals surface area contributed by atoms with Crippen molar-refractivity contribution in [2.45, 2.75) is 45.3 Å². The number of hydrogen-bond acceptors (Lipinski definition) is 3. The smallest absolute Gasteiger partial charge is 0.306 e. The third-order valence-corrected chi connectivity index (χ3v) is 3.27. The fourth-order valence-electron chi connectivity index (χ4n) is 2.37. The van der Waals surface area contributed by atoms with E-state index in [0.29, 0.717) is 19.4 Å². The Hall–Kier alpha value is -1.62. The van der Waals surface area contributed by atoms with Gasteiger partial charge in [0.1, 0.15) is 0 Å². The van der Waals surface area contributed by atoms with Gasteiger partial charge in [-0.1, -0.05) is 6.08 Å². The monoisotopic (exact) mass is 264 g/mol. The first-order chi connectivity index (χ1) is 8.85. The number of nitrogens with zero attached hydrogens (tertiary/aromatic N) is 2. The maximum absolute atomic E-state index is 11.0. The van der Waals surface area contributed by atoms with Gasteiger partial charge in [-0.15, -0.1) is 0 Å². The minimum absolute atomic E-state index is 0.294. The number of carboxylic acids is 1. The van der Waals surface area contributed by atoms with Gasteiger partial charge in [0.05, 0.1) is 24.3 Å². The lowest BCUT2D eigenvalue weighted by atomic mass is 9.86. The molecule has 0 aliphatic heterocycles. The van der Waals surface area contributed by atoms with Gasteiger partial charge in [-0.05, 0) is 38.7 Å². The van der Waals surface area contributed by atoms with Crippen molar-refractivity contribution in [2.24, 2.45) is 5.92 Å². The minimum atomic E-state index is -0.812. The number of aromatic nitrogens is 2. The van der Waals surface area contributed by atoms with Crippen LogP contribution in [0.2, 0.25) is 0 Å². The number of rotatable bonds is 4. The van der Waals surface area contributed by atoms with Crippen LogP contribution in [-0.4, -0.2) is 31.6 Å². The third kappa shape index (κ3) is 3.67. The highest BCUT2D eigenvalue weighted by Gasteiger charge is 2.23. The summed E-state index contributed by atoms with van der Waals surface area (Å²) in [6.07, 6.45) is 7.75. The zero-order chi connectivity index (χ0) is 14.0. The summed E-state index contributed by atoms with van der Waals surface area (Å²) < 4.78 is 1.69. The van der Waals surface area contributed by atoms with Gasteiger partial charge < -0.3 is 10.2 Å². The molecule has 0 amide bonds. The summed E-state index contributed by atoms with van der Waals surface area (Å²) in [7, 11) is 0. The number of aliphatic carboxylic acids is 1. The number of allylic oxidation sites excluding steroid dienone is 2. The normalized spacial score (nSPS) is 20.2. The summed E-state index contributed by atoms with van der Waals surface area (Å²) in [5, 5.41) is 23.0. The standard InChI is InChI=1S/C14H20N2O3/c1-14(2,19)9-16-8-12(7-15-16)10-4-3-5-11(6-10)13(17)18/h4,7-8,11,19H,3,5-6,9H2,1-2H3,(H,17,18)/t11-/m0/s1. The lowest BCUT2D eigenvalue weighted by molar-refractivity contribution is -0.141. The molecule has 1 heterocycles. The molecule has 0 aromatic carbocycles. The summed E-state index contributed by atoms with van der Waals surface area (Å²) >= 11 is 0. The quantitative estimate of drug-likeness (QED) is 0.871. The van der Waals surface area contributed by atoms with Crippen molar-refractivity contribution in [3.63, 3.8) is 0 Å². The maximum atomic E-state index is 11.0. The zero-order valence-corrected chi connectivity index (χ0v) is 11.3. The van der Waals surface area contributed by atoms with Crippen LogP contribution in [-0.2, 0) is 11.3 Å². The maximum Gasteiger partial charge on any atom is 0.306 e. The Balaban J connectivity index is 2.10. The second kappa shape index (κ2) is 5.17. The molecule has 0 saturated carbocycles. The zero-order valence-electron chi connectivity index (χ0n) is 11.3. The van der Waals surface area contributed by atoms with Gasteiger partial charge in [0.15, 0.2) is 0 Å². The molecule has 1 aromatic rings. The molecule has 1 aromatic heterocycles. The van der Waals surface area contributed by atoms with Crippen molar-refractivity contribution in [2.75, 3.05) is 0 Å². The molecule has 5 nitrogen and oxygen atoms in total. The van der Waals surface area contributed by atoms with E-state index in [4.69, 9.17) is 5.11 Å². The van der Waals surface area contributed by atoms with E-state index in [-0.39, 0.29) is 5.92 Å². The van der Waals surface area contributed by atoms with E-state index in [1.807, 2.05) is 6.20 Å². The number of hydrogen-bond donors (Lipinski definition) is 2. The van der Waals surface area contributed by atoms with Crippen LogP contribution in [0.25, 0.3) is 5.57 Å². The summed E-state index contributed by atoms with van der Waals surface area (Å²) in [5.74, 6) is -1.02. The Morgan fingerprint density at radius 2 is 2.32 bits per heavy atom. The summed E-state index contributed by atoms with van der Waals surface area (Å²) in [5.41, 5.74) is 1.18. The average Bonchev–Trinajstić information content (AvgIpc) is 2.75. The Morgan fingerprint density at radius 1 is 1.58 bits per heavy atom. The Bertz CT molecular complexity index is 497. The second-order valence-corrected chi connectivity index (χ2v) is 5.79. The van der Waals surface area contributed by atoms with Gasteiger partial charge in [0.25, 0.3) is 0 Å². The molecule has 0 unspecified atom stereocenters. The van der Waals surface area contributed by atoms with Gasteiger partial charge in [-0.25, -0.2) is 0 Å². The lowest BCUT2D eigenvalue weighted by Gasteiger charge is -2.18. The van der Waals surface area contributed by atoms with Crippen LogP contribution in [0.1, 0.15) is 38.7 Å². The topological polar surface area (TPSA) is 75.4 Å². The molecule has 1 atom stereocenters. The predicted molar refractivity (Wildman–Crippen MR) is 71.5 cm³/mol. The molecule has 1 aliphatic rings. The predicted octanol–water partition coefficient (Wildman–Crippen LogP) is 1.92. The molecule has 0 spiro atoms. The summed E-state index contributed by atoms with van der Waals surface area (Å²) in [6.45, 7) is 3.88. The molecule has 0 fully saturated rings. The highest BCUT2D eigenvalue weighted by atomic mass is 16.4. The molecule has 0 saturated heterocycles. The Kier molecular flexibility index (Phi) is 3.75. The van der Waals surface area contributed by atoms with Crippen LogP contribution in [0.15, 0.2) is 18.5 Å². The van der Waals surface area contributed by atoms with E-state index >= 15 is 0 Å². The van der Waals surface area contributed by atoms with Crippen molar-refractivity contribution < 1.29 is 15.0 Å². The molecule has 0 bridgehead atoms. The molecule has 104 valence electrons. The van der Waals surface area contributed by atoms with E-state index < -0.39 is 11.6 Å². The van der Waals surface area contributed by atoms with Crippen molar-refractivity contribution >= 4 is 11.5 Å². The van der Waals surface area contributed by atoms with E-state index in [9.17, 15) is 9.90 Å². The molecule has 0 radical (unpaired) electrons. The largest absolute Gasteiger partial charge is 0.481 e. The highest BCUT2D eigenvalue weighted by molar-refractivity contribution is 5.76. The molecule has 2 rings (SSSR count). The molecule has 5 heteroatoms. The lowest BCUT2D eigenvalue weighted by Crippen LogP contribution is -2.26. The van der Waals surface area contributed by atoms with E-state index in [2.05, 4.69) is 11.2 Å². The van der Waals surface area contributed by atoms with Crippen molar-refractivity contribution in [1.29, 1.82) is 0 Å². The van der Waals surface area contributed by atoms with Gasteiger partial charge in [0, 0.05) is 11.8 Å². The van der Waals surface area contributed by atoms with Gasteiger partial charge in [-0.2, -0.15) is 5.10 Å². The van der Waals surface area contributed by atoms with E-state index in [0.717, 1.165) is 17.6 Å². The number of carboxylic acid groups (broad SMARTS) is 1. The SMILES string of the molecule is CC(C)(O)Cn1cc(C2=CCC[C@H](C(=O)O)C2)cn1. The average molecular weight is 264 g/mol. The summed E-state index contributed by atoms with van der Waals surface area (Å²) in [6, 6.07) is 0. The van der Waals surface area contributed by atoms with Crippen LogP contribution in [0.5, 0.6) is 0 Å². The van der Waals surface area contributed by atoms with Crippen molar-refractivity contribution in [1.82, 2.24) is 9.78 Å². The van der Waals surface area contributed by atoms with Crippen LogP contribution in [0, 0.1) is 5.92 Å². The molecule has 19 heavy (non-hydrogen) atoms. The fourth-order valence-corrected chi connectivity index (χ4v) is 2.37. The first-order valence-electron chi connectivity index (χ1n) is 6.52. The second-order valence-electron chi connectivity index (χ2n) is 5.79. The minimum Gasteiger partial charge on any atom is -0.481 e. The van der Waals surface area contributed by atoms with Crippen LogP contribution in [0.4, 0.5) is 0 Å².